The summed E-state index contributed by atoms with van der Waals surface area (Å²) in [6.45, 7) is 1.98. The Morgan fingerprint density at radius 3 is 2.62 bits per heavy atom. The van der Waals surface area contributed by atoms with Gasteiger partial charge in [-0.2, -0.15) is 0 Å². The molecule has 21 heavy (non-hydrogen) atoms. The molecule has 0 saturated heterocycles. The van der Waals surface area contributed by atoms with E-state index in [2.05, 4.69) is 4.72 Å². The fraction of sp³-hybridized carbons (Fsp3) is 0.143. The van der Waals surface area contributed by atoms with Gasteiger partial charge in [-0.05, 0) is 36.1 Å². The van der Waals surface area contributed by atoms with Gasteiger partial charge in [-0.1, -0.05) is 19.1 Å². The molecule has 2 aromatic rings. The predicted octanol–water partition coefficient (Wildman–Crippen LogP) is 3.32. The number of hydrogen-bond acceptors (Lipinski definition) is 4. The first-order chi connectivity index (χ1) is 9.92. The molecule has 0 radical (unpaired) electrons. The van der Waals surface area contributed by atoms with E-state index >= 15 is 0 Å². The Morgan fingerprint density at radius 1 is 1.24 bits per heavy atom. The van der Waals surface area contributed by atoms with E-state index < -0.39 is 15.8 Å². The molecule has 0 aromatic heterocycles. The fourth-order valence-electron chi connectivity index (χ4n) is 1.78. The van der Waals surface area contributed by atoms with Crippen molar-refractivity contribution in [2.75, 3.05) is 16.2 Å². The molecule has 0 atom stereocenters. The maximum atomic E-state index is 13.3. The standard InChI is InChI=1S/C14H15FN2O2S2/c1-2-20-14-6-4-3-5-13(14)17-21(18,19)12-8-10(15)7-11(16)9-12/h3-9,17H,2,16H2,1H3. The number of halogens is 1. The molecule has 0 fully saturated rings. The van der Waals surface area contributed by atoms with Crippen LogP contribution in [0.5, 0.6) is 0 Å². The molecule has 0 amide bonds. The largest absolute Gasteiger partial charge is 0.399 e. The minimum atomic E-state index is -3.88. The molecule has 0 aliphatic rings. The maximum Gasteiger partial charge on any atom is 0.262 e. The van der Waals surface area contributed by atoms with Gasteiger partial charge in [0.15, 0.2) is 0 Å². The van der Waals surface area contributed by atoms with Crippen molar-refractivity contribution < 1.29 is 12.8 Å². The Balaban J connectivity index is 2.37. The zero-order valence-electron chi connectivity index (χ0n) is 11.3. The molecule has 2 aromatic carbocycles. The highest BCUT2D eigenvalue weighted by molar-refractivity contribution is 7.99. The van der Waals surface area contributed by atoms with E-state index in [0.29, 0.717) is 5.69 Å². The van der Waals surface area contributed by atoms with Crippen LogP contribution < -0.4 is 10.5 Å². The van der Waals surface area contributed by atoms with Crippen molar-refractivity contribution in [2.45, 2.75) is 16.7 Å². The number of nitrogen functional groups attached to an aromatic ring is 1. The van der Waals surface area contributed by atoms with E-state index in [4.69, 9.17) is 5.73 Å². The van der Waals surface area contributed by atoms with Crippen LogP contribution >= 0.6 is 11.8 Å². The molecule has 3 N–H and O–H groups in total. The third-order valence-corrected chi connectivity index (χ3v) is 4.94. The van der Waals surface area contributed by atoms with Gasteiger partial charge in [0.2, 0.25) is 0 Å². The molecule has 0 saturated carbocycles. The van der Waals surface area contributed by atoms with Crippen LogP contribution in [0.25, 0.3) is 0 Å². The summed E-state index contributed by atoms with van der Waals surface area (Å²) in [6, 6.07) is 10.3. The van der Waals surface area contributed by atoms with Crippen molar-refractivity contribution >= 4 is 33.2 Å². The van der Waals surface area contributed by atoms with Crippen LogP contribution in [0.15, 0.2) is 52.3 Å². The van der Waals surface area contributed by atoms with Gasteiger partial charge in [0.1, 0.15) is 5.82 Å². The summed E-state index contributed by atoms with van der Waals surface area (Å²) in [5.74, 6) is 0.123. The number of thioether (sulfide) groups is 1. The third-order valence-electron chi connectivity index (χ3n) is 2.64. The van der Waals surface area contributed by atoms with Crippen molar-refractivity contribution in [1.29, 1.82) is 0 Å². The topological polar surface area (TPSA) is 72.2 Å². The van der Waals surface area contributed by atoms with Crippen LogP contribution in [0.1, 0.15) is 6.92 Å². The minimum absolute atomic E-state index is 0.0617. The zero-order valence-corrected chi connectivity index (χ0v) is 13.0. The summed E-state index contributed by atoms with van der Waals surface area (Å²) in [7, 11) is -3.88. The van der Waals surface area contributed by atoms with Gasteiger partial charge >= 0.3 is 0 Å². The summed E-state index contributed by atoms with van der Waals surface area (Å²) >= 11 is 1.52. The number of hydrogen-bond donors (Lipinski definition) is 2. The molecule has 4 nitrogen and oxygen atoms in total. The SMILES string of the molecule is CCSc1ccccc1NS(=O)(=O)c1cc(N)cc(F)c1. The van der Waals surface area contributed by atoms with Gasteiger partial charge < -0.3 is 5.73 Å². The second-order valence-electron chi connectivity index (χ2n) is 4.25. The lowest BCUT2D eigenvalue weighted by Crippen LogP contribution is -2.14. The van der Waals surface area contributed by atoms with E-state index in [1.807, 2.05) is 19.1 Å². The highest BCUT2D eigenvalue weighted by Gasteiger charge is 2.17. The second kappa shape index (κ2) is 6.36. The van der Waals surface area contributed by atoms with Gasteiger partial charge in [0.05, 0.1) is 10.6 Å². The minimum Gasteiger partial charge on any atom is -0.399 e. The van der Waals surface area contributed by atoms with Crippen molar-refractivity contribution in [3.8, 4) is 0 Å². The summed E-state index contributed by atoms with van der Waals surface area (Å²) in [5, 5.41) is 0. The van der Waals surface area contributed by atoms with Crippen LogP contribution in [0.4, 0.5) is 15.8 Å². The smallest absolute Gasteiger partial charge is 0.262 e. The van der Waals surface area contributed by atoms with E-state index in [9.17, 15) is 12.8 Å². The zero-order chi connectivity index (χ0) is 15.5. The predicted molar refractivity (Wildman–Crippen MR) is 84.5 cm³/mol. The average molecular weight is 326 g/mol. The average Bonchev–Trinajstić information content (AvgIpc) is 2.40. The van der Waals surface area contributed by atoms with Crippen molar-refractivity contribution in [2.24, 2.45) is 0 Å². The second-order valence-corrected chi connectivity index (χ2v) is 7.24. The molecule has 0 heterocycles. The first kappa shape index (κ1) is 15.7. The molecule has 0 aliphatic heterocycles. The number of rotatable bonds is 5. The van der Waals surface area contributed by atoms with Gasteiger partial charge in [-0.15, -0.1) is 11.8 Å². The molecule has 7 heteroatoms. The lowest BCUT2D eigenvalue weighted by atomic mass is 10.3. The number of benzene rings is 2. The molecule has 0 unspecified atom stereocenters. The molecular formula is C14H15FN2O2S2. The van der Waals surface area contributed by atoms with E-state index in [1.54, 1.807) is 12.1 Å². The molecule has 0 spiro atoms. The van der Waals surface area contributed by atoms with Crippen LogP contribution in [0, 0.1) is 5.82 Å². The lowest BCUT2D eigenvalue weighted by Gasteiger charge is -2.12. The summed E-state index contributed by atoms with van der Waals surface area (Å²) in [5.41, 5.74) is 6.02. The number of nitrogens with one attached hydrogen (secondary N) is 1. The van der Waals surface area contributed by atoms with Gasteiger partial charge in [-0.25, -0.2) is 12.8 Å². The fourth-order valence-corrected chi connectivity index (χ4v) is 3.74. The Labute approximate surface area is 127 Å². The Morgan fingerprint density at radius 2 is 1.95 bits per heavy atom. The summed E-state index contributed by atoms with van der Waals surface area (Å²) in [6.07, 6.45) is 0. The van der Waals surface area contributed by atoms with Crippen LogP contribution in [-0.4, -0.2) is 14.2 Å². The van der Waals surface area contributed by atoms with E-state index in [1.165, 1.54) is 17.8 Å². The first-order valence-electron chi connectivity index (χ1n) is 6.23. The number of anilines is 2. The van der Waals surface area contributed by atoms with Gasteiger partial charge in [-0.3, -0.25) is 4.72 Å². The molecule has 112 valence electrons. The lowest BCUT2D eigenvalue weighted by molar-refractivity contribution is 0.595. The summed E-state index contributed by atoms with van der Waals surface area (Å²) in [4.78, 5) is 0.615. The van der Waals surface area contributed by atoms with Gasteiger partial charge in [0.25, 0.3) is 10.0 Å². The van der Waals surface area contributed by atoms with Gasteiger partial charge in [0, 0.05) is 10.6 Å². The normalized spacial score (nSPS) is 11.3. The molecule has 2 rings (SSSR count). The quantitative estimate of drug-likeness (QED) is 0.653. The van der Waals surface area contributed by atoms with Crippen molar-refractivity contribution in [3.63, 3.8) is 0 Å². The molecular weight excluding hydrogens is 311 g/mol. The highest BCUT2D eigenvalue weighted by atomic mass is 32.2. The Kier molecular flexibility index (Phi) is 4.74. The Bertz CT molecular complexity index is 728. The number of sulfonamides is 1. The highest BCUT2D eigenvalue weighted by Crippen LogP contribution is 2.29. The van der Waals surface area contributed by atoms with Crippen LogP contribution in [0.2, 0.25) is 0 Å². The monoisotopic (exact) mass is 326 g/mol. The molecule has 0 bridgehead atoms. The van der Waals surface area contributed by atoms with E-state index in [-0.39, 0.29) is 10.6 Å². The maximum absolute atomic E-state index is 13.3. The van der Waals surface area contributed by atoms with Crippen LogP contribution in [0.3, 0.4) is 0 Å². The summed E-state index contributed by atoms with van der Waals surface area (Å²) < 4.78 is 40.4. The number of para-hydroxylation sites is 1. The molecule has 0 aliphatic carbocycles. The van der Waals surface area contributed by atoms with E-state index in [0.717, 1.165) is 22.8 Å². The number of nitrogens with two attached hydrogens (primary N) is 1. The van der Waals surface area contributed by atoms with Crippen LogP contribution in [-0.2, 0) is 10.0 Å². The third kappa shape index (κ3) is 3.89. The van der Waals surface area contributed by atoms with Crippen molar-refractivity contribution in [3.05, 3.63) is 48.3 Å². The first-order valence-corrected chi connectivity index (χ1v) is 8.70. The van der Waals surface area contributed by atoms with Crippen molar-refractivity contribution in [1.82, 2.24) is 0 Å². The Hall–Kier alpha value is -1.73.